The Morgan fingerprint density at radius 3 is 2.80 bits per heavy atom. The molecule has 0 saturated heterocycles. The Bertz CT molecular complexity index is 344. The van der Waals surface area contributed by atoms with Crippen molar-refractivity contribution in [2.45, 2.75) is 12.6 Å². The first-order valence-electron chi connectivity index (χ1n) is 5.07. The largest absolute Gasteiger partial charge is 0.399 e. The van der Waals surface area contributed by atoms with E-state index in [0.717, 1.165) is 18.8 Å². The Morgan fingerprint density at radius 1 is 1.47 bits per heavy atom. The van der Waals surface area contributed by atoms with Crippen LogP contribution in [0.2, 0.25) is 0 Å². The lowest BCUT2D eigenvalue weighted by molar-refractivity contribution is 0.365. The van der Waals surface area contributed by atoms with Gasteiger partial charge in [0.2, 0.25) is 0 Å². The molecule has 0 bridgehead atoms. The van der Waals surface area contributed by atoms with Crippen molar-refractivity contribution >= 4 is 11.9 Å². The molecule has 4 heteroatoms. The van der Waals surface area contributed by atoms with Crippen molar-refractivity contribution in [2.75, 3.05) is 19.3 Å². The van der Waals surface area contributed by atoms with Crippen LogP contribution >= 0.6 is 0 Å². The highest BCUT2D eigenvalue weighted by molar-refractivity contribution is 5.66. The molecule has 3 N–H and O–H groups in total. The Balaban J connectivity index is 1.83. The molecule has 0 saturated carbocycles. The zero-order valence-electron chi connectivity index (χ0n) is 8.85. The van der Waals surface area contributed by atoms with E-state index in [0.29, 0.717) is 6.04 Å². The van der Waals surface area contributed by atoms with Gasteiger partial charge in [0.25, 0.3) is 0 Å². The summed E-state index contributed by atoms with van der Waals surface area (Å²) >= 11 is 0. The van der Waals surface area contributed by atoms with Crippen molar-refractivity contribution in [3.63, 3.8) is 0 Å². The maximum atomic E-state index is 5.61. The van der Waals surface area contributed by atoms with Gasteiger partial charge in [-0.15, -0.1) is 0 Å². The van der Waals surface area contributed by atoms with Crippen molar-refractivity contribution in [1.29, 1.82) is 0 Å². The van der Waals surface area contributed by atoms with Crippen LogP contribution in [0.4, 0.5) is 5.69 Å². The van der Waals surface area contributed by atoms with Gasteiger partial charge < -0.3 is 11.1 Å². The minimum atomic E-state index is 0.354. The number of hydrogen-bond donors (Lipinski definition) is 2. The third-order valence-electron chi connectivity index (χ3n) is 2.45. The van der Waals surface area contributed by atoms with E-state index in [9.17, 15) is 0 Å². The molecule has 1 aromatic carbocycles. The zero-order valence-corrected chi connectivity index (χ0v) is 8.85. The molecule has 0 amide bonds. The average Bonchev–Trinajstić information content (AvgIpc) is 2.64. The summed E-state index contributed by atoms with van der Waals surface area (Å²) in [5.74, 6) is 0. The van der Waals surface area contributed by atoms with Gasteiger partial charge in [0.05, 0.1) is 12.6 Å². The molecule has 1 aromatic rings. The highest BCUT2D eigenvalue weighted by atomic mass is 15.5. The maximum Gasteiger partial charge on any atom is 0.0639 e. The molecule has 1 aliphatic rings. The first-order valence-corrected chi connectivity index (χ1v) is 5.07. The highest BCUT2D eigenvalue weighted by Crippen LogP contribution is 2.06. The van der Waals surface area contributed by atoms with E-state index in [1.54, 1.807) is 0 Å². The summed E-state index contributed by atoms with van der Waals surface area (Å²) in [6.45, 7) is 1.79. The molecular formula is C11H16N4. The molecule has 0 spiro atoms. The van der Waals surface area contributed by atoms with Crippen LogP contribution in [0.25, 0.3) is 0 Å². The monoisotopic (exact) mass is 204 g/mol. The van der Waals surface area contributed by atoms with Crippen LogP contribution in [0.1, 0.15) is 5.56 Å². The summed E-state index contributed by atoms with van der Waals surface area (Å²) in [5.41, 5.74) is 7.66. The SMILES string of the molecule is CN1CC(NCc2ccc(N)cc2)C=N1. The first-order chi connectivity index (χ1) is 7.24. The molecular weight excluding hydrogens is 188 g/mol. The highest BCUT2D eigenvalue weighted by Gasteiger charge is 2.12. The number of benzene rings is 1. The Morgan fingerprint density at radius 2 is 2.20 bits per heavy atom. The van der Waals surface area contributed by atoms with Gasteiger partial charge in [-0.05, 0) is 17.7 Å². The van der Waals surface area contributed by atoms with Crippen molar-refractivity contribution in [3.05, 3.63) is 29.8 Å². The molecule has 0 aromatic heterocycles. The molecule has 80 valence electrons. The van der Waals surface area contributed by atoms with E-state index in [1.807, 2.05) is 42.5 Å². The smallest absolute Gasteiger partial charge is 0.0639 e. The number of nitrogens with one attached hydrogen (secondary N) is 1. The molecule has 1 unspecified atom stereocenters. The molecule has 0 fully saturated rings. The number of nitrogens with zero attached hydrogens (tertiary/aromatic N) is 2. The first kappa shape index (κ1) is 9.98. The fourth-order valence-electron chi connectivity index (χ4n) is 1.57. The van der Waals surface area contributed by atoms with Crippen molar-refractivity contribution in [1.82, 2.24) is 10.3 Å². The minimum absolute atomic E-state index is 0.354. The van der Waals surface area contributed by atoms with Gasteiger partial charge in [-0.3, -0.25) is 5.01 Å². The molecule has 4 nitrogen and oxygen atoms in total. The number of rotatable bonds is 3. The Labute approximate surface area is 89.8 Å². The van der Waals surface area contributed by atoms with Gasteiger partial charge in [0.15, 0.2) is 0 Å². The minimum Gasteiger partial charge on any atom is -0.399 e. The lowest BCUT2D eigenvalue weighted by Crippen LogP contribution is -2.33. The van der Waals surface area contributed by atoms with Crippen LogP contribution in [0.5, 0.6) is 0 Å². The van der Waals surface area contributed by atoms with E-state index in [4.69, 9.17) is 5.73 Å². The van der Waals surface area contributed by atoms with Gasteiger partial charge >= 0.3 is 0 Å². The summed E-state index contributed by atoms with van der Waals surface area (Å²) in [7, 11) is 1.97. The second-order valence-electron chi connectivity index (χ2n) is 3.83. The molecule has 1 heterocycles. The standard InChI is InChI=1S/C11H16N4/c1-15-8-11(7-14-15)13-6-9-2-4-10(12)5-3-9/h2-5,7,11,13H,6,8,12H2,1H3. The van der Waals surface area contributed by atoms with Crippen molar-refractivity contribution < 1.29 is 0 Å². The number of hydrogen-bond acceptors (Lipinski definition) is 4. The molecule has 0 aliphatic carbocycles. The molecule has 2 rings (SSSR count). The summed E-state index contributed by atoms with van der Waals surface area (Å²) < 4.78 is 0. The van der Waals surface area contributed by atoms with E-state index >= 15 is 0 Å². The summed E-state index contributed by atoms with van der Waals surface area (Å²) in [6, 6.07) is 8.28. The van der Waals surface area contributed by atoms with Gasteiger partial charge in [-0.2, -0.15) is 5.10 Å². The molecule has 15 heavy (non-hydrogen) atoms. The van der Waals surface area contributed by atoms with Crippen LogP contribution < -0.4 is 11.1 Å². The van der Waals surface area contributed by atoms with Crippen LogP contribution in [0, 0.1) is 0 Å². The third kappa shape index (κ3) is 2.70. The number of nitrogen functional groups attached to an aromatic ring is 1. The summed E-state index contributed by atoms with van der Waals surface area (Å²) in [6.07, 6.45) is 1.94. The van der Waals surface area contributed by atoms with E-state index in [-0.39, 0.29) is 0 Å². The van der Waals surface area contributed by atoms with Crippen LogP contribution in [0.3, 0.4) is 0 Å². The second kappa shape index (κ2) is 4.31. The van der Waals surface area contributed by atoms with Gasteiger partial charge in [0, 0.05) is 25.5 Å². The third-order valence-corrected chi connectivity index (χ3v) is 2.45. The number of anilines is 1. The number of nitrogens with two attached hydrogens (primary N) is 1. The van der Waals surface area contributed by atoms with E-state index in [2.05, 4.69) is 10.4 Å². The number of likely N-dealkylation sites (N-methyl/N-ethyl adjacent to an activating group) is 1. The lowest BCUT2D eigenvalue weighted by atomic mass is 10.2. The van der Waals surface area contributed by atoms with Crippen LogP contribution in [-0.2, 0) is 6.54 Å². The van der Waals surface area contributed by atoms with Crippen LogP contribution in [-0.4, -0.2) is 30.9 Å². The topological polar surface area (TPSA) is 53.6 Å². The van der Waals surface area contributed by atoms with Gasteiger partial charge in [0.1, 0.15) is 0 Å². The summed E-state index contributed by atoms with van der Waals surface area (Å²) in [4.78, 5) is 0. The average molecular weight is 204 g/mol. The van der Waals surface area contributed by atoms with E-state index < -0.39 is 0 Å². The maximum absolute atomic E-state index is 5.61. The number of hydrazone groups is 1. The Hall–Kier alpha value is -1.55. The van der Waals surface area contributed by atoms with Gasteiger partial charge in [-0.1, -0.05) is 12.1 Å². The zero-order chi connectivity index (χ0) is 10.7. The second-order valence-corrected chi connectivity index (χ2v) is 3.83. The Kier molecular flexibility index (Phi) is 2.87. The predicted molar refractivity (Wildman–Crippen MR) is 62.6 cm³/mol. The predicted octanol–water partition coefficient (Wildman–Crippen LogP) is 0.658. The molecule has 0 radical (unpaired) electrons. The van der Waals surface area contributed by atoms with Crippen LogP contribution in [0.15, 0.2) is 29.4 Å². The van der Waals surface area contributed by atoms with Crippen molar-refractivity contribution in [3.8, 4) is 0 Å². The van der Waals surface area contributed by atoms with E-state index in [1.165, 1.54) is 5.56 Å². The normalized spacial score (nSPS) is 19.8. The van der Waals surface area contributed by atoms with Gasteiger partial charge in [-0.25, -0.2) is 0 Å². The van der Waals surface area contributed by atoms with Crippen molar-refractivity contribution in [2.24, 2.45) is 5.10 Å². The summed E-state index contributed by atoms with van der Waals surface area (Å²) in [5, 5.41) is 9.52. The quantitative estimate of drug-likeness (QED) is 0.711. The molecule has 1 aliphatic heterocycles. The molecule has 1 atom stereocenters. The fourth-order valence-corrected chi connectivity index (χ4v) is 1.57. The lowest BCUT2D eigenvalue weighted by Gasteiger charge is -2.11. The fraction of sp³-hybridized carbons (Fsp3) is 0.364.